The zero-order chi connectivity index (χ0) is 20.8. The van der Waals surface area contributed by atoms with E-state index < -0.39 is 0 Å². The van der Waals surface area contributed by atoms with Gasteiger partial charge in [-0.2, -0.15) is 0 Å². The molecule has 2 aromatic carbocycles. The lowest BCUT2D eigenvalue weighted by molar-refractivity contribution is -0.120. The summed E-state index contributed by atoms with van der Waals surface area (Å²) in [7, 11) is 0. The Labute approximate surface area is 175 Å². The summed E-state index contributed by atoms with van der Waals surface area (Å²) in [6.07, 6.45) is 3.81. The number of amides is 2. The lowest BCUT2D eigenvalue weighted by atomic mass is 9.98. The molecule has 4 nitrogen and oxygen atoms in total. The first-order valence-corrected chi connectivity index (χ1v) is 11.2. The molecule has 0 radical (unpaired) electrons. The Morgan fingerprint density at radius 3 is 2.76 bits per heavy atom. The van der Waals surface area contributed by atoms with E-state index in [0.717, 1.165) is 36.9 Å². The first-order valence-electron chi connectivity index (χ1n) is 10.1. The number of nitrogens with zero attached hydrogens (tertiary/aromatic N) is 1. The van der Waals surface area contributed by atoms with Crippen molar-refractivity contribution in [3.05, 3.63) is 59.9 Å². The molecule has 1 fully saturated rings. The predicted octanol–water partition coefficient (Wildman–Crippen LogP) is 5.76. The van der Waals surface area contributed by atoms with Crippen LogP contribution in [0.15, 0.2) is 48.5 Å². The molecule has 2 atom stereocenters. The van der Waals surface area contributed by atoms with Gasteiger partial charge in [0.2, 0.25) is 11.8 Å². The largest absolute Gasteiger partial charge is 0.326 e. The van der Waals surface area contributed by atoms with Crippen LogP contribution < -0.4 is 10.2 Å². The molecule has 1 N–H and O–H groups in total. The number of carbonyl (C=O) groups excluding carboxylic acids is 2. The van der Waals surface area contributed by atoms with Gasteiger partial charge in [-0.1, -0.05) is 44.9 Å². The van der Waals surface area contributed by atoms with Crippen molar-refractivity contribution in [1.82, 2.24) is 0 Å². The van der Waals surface area contributed by atoms with E-state index >= 15 is 0 Å². The maximum atomic E-state index is 13.7. The number of unbranched alkanes of at least 4 members (excludes halogenated alkanes) is 1. The van der Waals surface area contributed by atoms with Gasteiger partial charge in [0.05, 0.1) is 5.75 Å². The number of anilines is 2. The Balaban J connectivity index is 1.79. The van der Waals surface area contributed by atoms with Crippen molar-refractivity contribution in [2.75, 3.05) is 16.0 Å². The van der Waals surface area contributed by atoms with Crippen molar-refractivity contribution in [2.45, 2.75) is 44.9 Å². The van der Waals surface area contributed by atoms with Gasteiger partial charge in [-0.15, -0.1) is 11.8 Å². The summed E-state index contributed by atoms with van der Waals surface area (Å²) in [4.78, 5) is 26.7. The quantitative estimate of drug-likeness (QED) is 0.597. The van der Waals surface area contributed by atoms with Crippen LogP contribution in [0.5, 0.6) is 0 Å². The minimum absolute atomic E-state index is 0.00447. The monoisotopic (exact) mass is 414 g/mol. The summed E-state index contributed by atoms with van der Waals surface area (Å²) in [6.45, 7) is 4.16. The number of rotatable bonds is 8. The fraction of sp³-hybridized carbons (Fsp3) is 0.391. The highest BCUT2D eigenvalue weighted by Crippen LogP contribution is 2.42. The molecule has 1 aliphatic heterocycles. The second-order valence-electron chi connectivity index (χ2n) is 7.27. The Hall–Kier alpha value is -2.34. The highest BCUT2D eigenvalue weighted by atomic mass is 32.2. The standard InChI is InChI=1S/C23H27FN2O2S/c1-3-5-8-16(4-2)22(28)25-19-11-6-9-17(13-19)23-26(21(27)15-29-23)20-12-7-10-18(24)14-20/h6-7,9-14,16,23H,3-5,8,15H2,1-2H3,(H,25,28)/t16-,23+/m1/s1. The Bertz CT molecular complexity index is 873. The lowest BCUT2D eigenvalue weighted by Crippen LogP contribution is -2.28. The molecule has 0 spiro atoms. The molecule has 3 rings (SSSR count). The highest BCUT2D eigenvalue weighted by molar-refractivity contribution is 8.00. The van der Waals surface area contributed by atoms with Gasteiger partial charge in [0.15, 0.2) is 0 Å². The van der Waals surface area contributed by atoms with Gasteiger partial charge in [0.25, 0.3) is 0 Å². The fourth-order valence-electron chi connectivity index (χ4n) is 3.56. The molecule has 1 aliphatic rings. The summed E-state index contributed by atoms with van der Waals surface area (Å²) in [5.41, 5.74) is 2.18. The molecule has 1 heterocycles. The van der Waals surface area contributed by atoms with Crippen molar-refractivity contribution in [3.63, 3.8) is 0 Å². The van der Waals surface area contributed by atoms with E-state index in [-0.39, 0.29) is 28.9 Å². The number of nitrogens with one attached hydrogen (secondary N) is 1. The number of thioether (sulfide) groups is 1. The van der Waals surface area contributed by atoms with E-state index in [4.69, 9.17) is 0 Å². The van der Waals surface area contributed by atoms with E-state index in [9.17, 15) is 14.0 Å². The summed E-state index contributed by atoms with van der Waals surface area (Å²) in [5, 5.41) is 2.78. The van der Waals surface area contributed by atoms with E-state index in [0.29, 0.717) is 11.4 Å². The molecule has 0 unspecified atom stereocenters. The van der Waals surface area contributed by atoms with Gasteiger partial charge in [-0.25, -0.2) is 4.39 Å². The van der Waals surface area contributed by atoms with Crippen molar-refractivity contribution < 1.29 is 14.0 Å². The van der Waals surface area contributed by atoms with Gasteiger partial charge in [0, 0.05) is 17.3 Å². The lowest BCUT2D eigenvalue weighted by Gasteiger charge is -2.25. The van der Waals surface area contributed by atoms with Crippen LogP contribution in [0.2, 0.25) is 0 Å². The van der Waals surface area contributed by atoms with E-state index in [1.165, 1.54) is 23.9 Å². The van der Waals surface area contributed by atoms with Gasteiger partial charge in [-0.3, -0.25) is 14.5 Å². The average molecular weight is 415 g/mol. The second-order valence-corrected chi connectivity index (χ2v) is 8.34. The maximum Gasteiger partial charge on any atom is 0.238 e. The van der Waals surface area contributed by atoms with Crippen molar-refractivity contribution in [2.24, 2.45) is 5.92 Å². The van der Waals surface area contributed by atoms with Crippen molar-refractivity contribution in [1.29, 1.82) is 0 Å². The van der Waals surface area contributed by atoms with Crippen LogP contribution in [-0.2, 0) is 9.59 Å². The summed E-state index contributed by atoms with van der Waals surface area (Å²) in [6, 6.07) is 13.7. The third-order valence-electron chi connectivity index (χ3n) is 5.16. The first kappa shape index (κ1) is 21.4. The molecule has 0 bridgehead atoms. The topological polar surface area (TPSA) is 49.4 Å². The first-order chi connectivity index (χ1) is 14.0. The Kier molecular flexibility index (Phi) is 7.31. The van der Waals surface area contributed by atoms with E-state index in [1.807, 2.05) is 31.2 Å². The zero-order valence-corrected chi connectivity index (χ0v) is 17.7. The smallest absolute Gasteiger partial charge is 0.238 e. The van der Waals surface area contributed by atoms with Gasteiger partial charge in [0.1, 0.15) is 11.2 Å². The molecular formula is C23H27FN2O2S. The molecule has 0 aliphatic carbocycles. The Morgan fingerprint density at radius 2 is 2.03 bits per heavy atom. The van der Waals surface area contributed by atoms with Crippen LogP contribution in [0.25, 0.3) is 0 Å². The maximum absolute atomic E-state index is 13.7. The minimum Gasteiger partial charge on any atom is -0.326 e. The Morgan fingerprint density at radius 1 is 1.24 bits per heavy atom. The average Bonchev–Trinajstić information content (AvgIpc) is 3.10. The van der Waals surface area contributed by atoms with E-state index in [2.05, 4.69) is 12.2 Å². The summed E-state index contributed by atoms with van der Waals surface area (Å²) >= 11 is 1.50. The second kappa shape index (κ2) is 9.92. The highest BCUT2D eigenvalue weighted by Gasteiger charge is 2.34. The van der Waals surface area contributed by atoms with Crippen LogP contribution >= 0.6 is 11.8 Å². The number of carbonyl (C=O) groups is 2. The summed E-state index contributed by atoms with van der Waals surface area (Å²) in [5.74, 6) is -0.0393. The van der Waals surface area contributed by atoms with Crippen LogP contribution in [0.4, 0.5) is 15.8 Å². The number of hydrogen-bond acceptors (Lipinski definition) is 3. The van der Waals surface area contributed by atoms with Crippen molar-refractivity contribution >= 4 is 35.0 Å². The van der Waals surface area contributed by atoms with Gasteiger partial charge in [-0.05, 0) is 48.7 Å². The van der Waals surface area contributed by atoms with Crippen LogP contribution in [0.1, 0.15) is 50.5 Å². The zero-order valence-electron chi connectivity index (χ0n) is 16.9. The predicted molar refractivity (Wildman–Crippen MR) is 117 cm³/mol. The number of halogens is 1. The molecule has 29 heavy (non-hydrogen) atoms. The van der Waals surface area contributed by atoms with Crippen molar-refractivity contribution in [3.8, 4) is 0 Å². The molecule has 0 aromatic heterocycles. The third-order valence-corrected chi connectivity index (χ3v) is 6.38. The molecule has 0 saturated carbocycles. The van der Waals surface area contributed by atoms with Crippen LogP contribution in [0.3, 0.4) is 0 Å². The number of benzene rings is 2. The molecule has 1 saturated heterocycles. The molecular weight excluding hydrogens is 387 g/mol. The third kappa shape index (κ3) is 5.18. The molecule has 2 aromatic rings. The minimum atomic E-state index is -0.371. The fourth-order valence-corrected chi connectivity index (χ4v) is 4.73. The van der Waals surface area contributed by atoms with Gasteiger partial charge >= 0.3 is 0 Å². The van der Waals surface area contributed by atoms with Crippen LogP contribution in [0, 0.1) is 11.7 Å². The molecule has 154 valence electrons. The SMILES string of the molecule is CCCC[C@@H](CC)C(=O)Nc1cccc([C@@H]2SCC(=O)N2c2cccc(F)c2)c1. The summed E-state index contributed by atoms with van der Waals surface area (Å²) < 4.78 is 13.7. The van der Waals surface area contributed by atoms with Crippen LogP contribution in [-0.4, -0.2) is 17.6 Å². The normalized spacial score (nSPS) is 17.4. The van der Waals surface area contributed by atoms with E-state index in [1.54, 1.807) is 17.0 Å². The van der Waals surface area contributed by atoms with Gasteiger partial charge < -0.3 is 5.32 Å². The molecule has 6 heteroatoms. The number of hydrogen-bond donors (Lipinski definition) is 1. The molecule has 2 amide bonds.